The normalized spacial score (nSPS) is 16.9. The molecule has 0 saturated heterocycles. The van der Waals surface area contributed by atoms with Gasteiger partial charge in [0.05, 0.1) is 11.6 Å². The van der Waals surface area contributed by atoms with Gasteiger partial charge in [0.2, 0.25) is 0 Å². The lowest BCUT2D eigenvalue weighted by Gasteiger charge is -2.30. The maximum atomic E-state index is 12.9. The van der Waals surface area contributed by atoms with E-state index < -0.39 is 0 Å². The third-order valence-corrected chi connectivity index (χ3v) is 4.46. The van der Waals surface area contributed by atoms with E-state index in [4.69, 9.17) is 23.8 Å². The Hall–Kier alpha value is -2.37. The Morgan fingerprint density at radius 1 is 1.16 bits per heavy atom. The topological polar surface area (TPSA) is 53.2 Å². The van der Waals surface area contributed by atoms with Gasteiger partial charge in [0.15, 0.2) is 5.11 Å². The van der Waals surface area contributed by atoms with E-state index >= 15 is 0 Å². The molecule has 1 amide bonds. The molecule has 1 heterocycles. The summed E-state index contributed by atoms with van der Waals surface area (Å²) in [6.07, 6.45) is 0. The molecule has 0 radical (unpaired) electrons. The van der Waals surface area contributed by atoms with Gasteiger partial charge in [-0.05, 0) is 61.5 Å². The zero-order valence-corrected chi connectivity index (χ0v) is 15.5. The summed E-state index contributed by atoms with van der Waals surface area (Å²) in [5.41, 5.74) is 4.08. The minimum Gasteiger partial charge on any atom is -0.351 e. The first kappa shape index (κ1) is 17.5. The minimum absolute atomic E-state index is 0.175. The number of allylic oxidation sites excluding steroid dienone is 1. The Morgan fingerprint density at radius 2 is 1.88 bits per heavy atom. The maximum Gasteiger partial charge on any atom is 0.255 e. The number of hydrogen-bond acceptors (Lipinski definition) is 2. The Bertz CT molecular complexity index is 861. The quantitative estimate of drug-likeness (QED) is 0.711. The monoisotopic (exact) mass is 371 g/mol. The van der Waals surface area contributed by atoms with Gasteiger partial charge >= 0.3 is 0 Å². The van der Waals surface area contributed by atoms with Crippen molar-refractivity contribution in [1.82, 2.24) is 10.6 Å². The van der Waals surface area contributed by atoms with E-state index in [2.05, 4.69) is 16.0 Å². The lowest BCUT2D eigenvalue weighted by molar-refractivity contribution is -0.113. The number of thiocarbonyl (C=S) groups is 1. The van der Waals surface area contributed by atoms with Crippen LogP contribution in [0.25, 0.3) is 0 Å². The van der Waals surface area contributed by atoms with Crippen LogP contribution in [-0.2, 0) is 4.79 Å². The van der Waals surface area contributed by atoms with Crippen molar-refractivity contribution >= 4 is 40.5 Å². The summed E-state index contributed by atoms with van der Waals surface area (Å²) in [5, 5.41) is 10.3. The molecule has 0 aliphatic carbocycles. The van der Waals surface area contributed by atoms with Crippen molar-refractivity contribution in [3.05, 3.63) is 76.0 Å². The fourth-order valence-electron chi connectivity index (χ4n) is 2.82. The van der Waals surface area contributed by atoms with E-state index in [1.165, 1.54) is 0 Å². The molecule has 25 heavy (non-hydrogen) atoms. The van der Waals surface area contributed by atoms with Gasteiger partial charge in [0, 0.05) is 16.4 Å². The highest BCUT2D eigenvalue weighted by Gasteiger charge is 2.29. The van der Waals surface area contributed by atoms with Gasteiger partial charge in [-0.3, -0.25) is 4.79 Å². The predicted molar refractivity (Wildman–Crippen MR) is 106 cm³/mol. The lowest BCUT2D eigenvalue weighted by atomic mass is 9.95. The van der Waals surface area contributed by atoms with Crippen molar-refractivity contribution in [3.8, 4) is 0 Å². The van der Waals surface area contributed by atoms with Crippen molar-refractivity contribution < 1.29 is 4.79 Å². The molecular weight excluding hydrogens is 354 g/mol. The van der Waals surface area contributed by atoms with Crippen LogP contribution in [0.4, 0.5) is 5.69 Å². The van der Waals surface area contributed by atoms with Crippen molar-refractivity contribution in [2.24, 2.45) is 0 Å². The zero-order valence-electron chi connectivity index (χ0n) is 13.9. The van der Waals surface area contributed by atoms with Crippen LogP contribution in [0.15, 0.2) is 59.8 Å². The standard InChI is InChI=1S/C19H18ClN3OS/c1-11-4-3-5-15(10-11)22-18(24)16-12(2)21-19(25)23-17(16)13-6-8-14(20)9-7-13/h3-10,17H,1-2H3,(H,22,24)(H2,21,23,25)/t17-/m0/s1. The number of hydrogen-bond donors (Lipinski definition) is 3. The van der Waals surface area contributed by atoms with E-state index in [1.54, 1.807) is 12.1 Å². The highest BCUT2D eigenvalue weighted by Crippen LogP contribution is 2.28. The number of benzene rings is 2. The van der Waals surface area contributed by atoms with E-state index in [9.17, 15) is 4.79 Å². The van der Waals surface area contributed by atoms with E-state index in [1.807, 2.05) is 50.2 Å². The molecule has 3 N–H and O–H groups in total. The molecule has 4 nitrogen and oxygen atoms in total. The Morgan fingerprint density at radius 3 is 2.56 bits per heavy atom. The van der Waals surface area contributed by atoms with Crippen molar-refractivity contribution in [1.29, 1.82) is 0 Å². The second-order valence-electron chi connectivity index (χ2n) is 5.95. The summed E-state index contributed by atoms with van der Waals surface area (Å²) in [6.45, 7) is 3.83. The second-order valence-corrected chi connectivity index (χ2v) is 6.79. The fourth-order valence-corrected chi connectivity index (χ4v) is 3.22. The van der Waals surface area contributed by atoms with Gasteiger partial charge in [-0.15, -0.1) is 0 Å². The number of aryl methyl sites for hydroxylation is 1. The molecule has 128 valence electrons. The SMILES string of the molecule is CC1=C(C(=O)Nc2cccc(C)c2)[C@H](c2ccc(Cl)cc2)NC(=S)N1. The molecule has 0 bridgehead atoms. The van der Waals surface area contributed by atoms with Crippen LogP contribution in [0.5, 0.6) is 0 Å². The van der Waals surface area contributed by atoms with Gasteiger partial charge in [-0.1, -0.05) is 35.9 Å². The molecule has 0 spiro atoms. The molecule has 1 aliphatic rings. The summed E-state index contributed by atoms with van der Waals surface area (Å²) in [6, 6.07) is 14.7. The average Bonchev–Trinajstić information content (AvgIpc) is 2.54. The van der Waals surface area contributed by atoms with Gasteiger partial charge in [-0.25, -0.2) is 0 Å². The fraction of sp³-hybridized carbons (Fsp3) is 0.158. The summed E-state index contributed by atoms with van der Waals surface area (Å²) in [4.78, 5) is 12.9. The molecule has 0 saturated carbocycles. The Balaban J connectivity index is 1.94. The molecular formula is C19H18ClN3OS. The first-order valence-electron chi connectivity index (χ1n) is 7.86. The summed E-state index contributed by atoms with van der Waals surface area (Å²) < 4.78 is 0. The van der Waals surface area contributed by atoms with E-state index in [0.717, 1.165) is 22.5 Å². The number of halogens is 1. The molecule has 0 aromatic heterocycles. The number of amides is 1. The number of carbonyl (C=O) groups excluding carboxylic acids is 1. The molecule has 3 rings (SSSR count). The molecule has 2 aromatic carbocycles. The van der Waals surface area contributed by atoms with Crippen molar-refractivity contribution in [2.45, 2.75) is 19.9 Å². The summed E-state index contributed by atoms with van der Waals surface area (Å²) >= 11 is 11.2. The number of rotatable bonds is 3. The van der Waals surface area contributed by atoms with Crippen LogP contribution in [0.3, 0.4) is 0 Å². The third kappa shape index (κ3) is 4.00. The molecule has 0 fully saturated rings. The molecule has 6 heteroatoms. The van der Waals surface area contributed by atoms with Crippen molar-refractivity contribution in [2.75, 3.05) is 5.32 Å². The van der Waals surface area contributed by atoms with Gasteiger partial charge in [-0.2, -0.15) is 0 Å². The Kier molecular flexibility index (Phi) is 5.06. The van der Waals surface area contributed by atoms with Crippen LogP contribution < -0.4 is 16.0 Å². The third-order valence-electron chi connectivity index (χ3n) is 3.99. The van der Waals surface area contributed by atoms with Crippen LogP contribution in [0.2, 0.25) is 5.02 Å². The van der Waals surface area contributed by atoms with E-state index in [-0.39, 0.29) is 11.9 Å². The van der Waals surface area contributed by atoms with Crippen molar-refractivity contribution in [3.63, 3.8) is 0 Å². The van der Waals surface area contributed by atoms with Gasteiger partial charge in [0.25, 0.3) is 5.91 Å². The smallest absolute Gasteiger partial charge is 0.255 e. The first-order chi connectivity index (χ1) is 11.9. The molecule has 2 aromatic rings. The summed E-state index contributed by atoms with van der Waals surface area (Å²) in [7, 11) is 0. The van der Waals surface area contributed by atoms with E-state index in [0.29, 0.717) is 15.7 Å². The molecule has 1 aliphatic heterocycles. The minimum atomic E-state index is -0.337. The maximum absolute atomic E-state index is 12.9. The number of nitrogens with one attached hydrogen (secondary N) is 3. The second kappa shape index (κ2) is 7.25. The lowest BCUT2D eigenvalue weighted by Crippen LogP contribution is -2.45. The number of anilines is 1. The highest BCUT2D eigenvalue weighted by atomic mass is 35.5. The zero-order chi connectivity index (χ0) is 18.0. The van der Waals surface area contributed by atoms with Gasteiger partial charge in [0.1, 0.15) is 0 Å². The highest BCUT2D eigenvalue weighted by molar-refractivity contribution is 7.80. The Labute approximate surface area is 157 Å². The predicted octanol–water partition coefficient (Wildman–Crippen LogP) is 4.08. The summed E-state index contributed by atoms with van der Waals surface area (Å²) in [5.74, 6) is -0.175. The van der Waals surface area contributed by atoms with Crippen LogP contribution in [0, 0.1) is 6.92 Å². The molecule has 1 atom stereocenters. The van der Waals surface area contributed by atoms with Crippen LogP contribution in [-0.4, -0.2) is 11.0 Å². The van der Waals surface area contributed by atoms with Crippen LogP contribution >= 0.6 is 23.8 Å². The van der Waals surface area contributed by atoms with Crippen LogP contribution in [0.1, 0.15) is 24.1 Å². The number of carbonyl (C=O) groups is 1. The largest absolute Gasteiger partial charge is 0.351 e. The molecule has 0 unspecified atom stereocenters. The average molecular weight is 372 g/mol. The van der Waals surface area contributed by atoms with Gasteiger partial charge < -0.3 is 16.0 Å². The first-order valence-corrected chi connectivity index (χ1v) is 8.64.